The molecule has 1 atom stereocenters. The van der Waals surface area contributed by atoms with Crippen LogP contribution in [0.4, 0.5) is 13.2 Å². The summed E-state index contributed by atoms with van der Waals surface area (Å²) in [5.74, 6) is 0.0283. The van der Waals surface area contributed by atoms with E-state index in [9.17, 15) is 18.0 Å². The Bertz CT molecular complexity index is 786. The fraction of sp³-hybridized carbons (Fsp3) is 0.421. The fourth-order valence-corrected chi connectivity index (χ4v) is 3.46. The smallest absolute Gasteiger partial charge is 0.288 e. The lowest BCUT2D eigenvalue weighted by molar-refractivity contribution is -0.190. The predicted molar refractivity (Wildman–Crippen MR) is 90.8 cm³/mol. The van der Waals surface area contributed by atoms with Crippen LogP contribution in [0.1, 0.15) is 37.4 Å². The van der Waals surface area contributed by atoms with Crippen LogP contribution in [-0.2, 0) is 11.2 Å². The maximum atomic E-state index is 13.8. The van der Waals surface area contributed by atoms with Crippen molar-refractivity contribution in [1.82, 2.24) is 10.4 Å². The van der Waals surface area contributed by atoms with Gasteiger partial charge < -0.3 is 0 Å². The molecule has 1 aliphatic rings. The summed E-state index contributed by atoms with van der Waals surface area (Å²) >= 11 is 0. The maximum Gasteiger partial charge on any atom is 0.409 e. The van der Waals surface area contributed by atoms with Gasteiger partial charge in [-0.1, -0.05) is 50.2 Å². The van der Waals surface area contributed by atoms with Crippen LogP contribution < -0.4 is 5.43 Å². The molecule has 134 valence electrons. The van der Waals surface area contributed by atoms with Crippen LogP contribution in [0.15, 0.2) is 36.4 Å². The standard InChI is InChI=1S/C19H21F3N2O/c1-12(2)11-13-5-3-7-15-14(13)6-4-8-16(15)18(19(20,21)22)24-10-9-17(25)23-24/h3-8,12,18H,9-11H2,1-2H3,(H,23,25)/t18-/m0/s1. The molecule has 0 bridgehead atoms. The van der Waals surface area contributed by atoms with Gasteiger partial charge in [-0.25, -0.2) is 5.01 Å². The minimum atomic E-state index is -4.49. The maximum absolute atomic E-state index is 13.8. The molecule has 3 nitrogen and oxygen atoms in total. The van der Waals surface area contributed by atoms with Crippen LogP contribution in [0.25, 0.3) is 10.8 Å². The number of halogens is 3. The van der Waals surface area contributed by atoms with Crippen molar-refractivity contribution in [2.45, 2.75) is 38.9 Å². The molecule has 1 fully saturated rings. The van der Waals surface area contributed by atoms with Crippen LogP contribution in [-0.4, -0.2) is 23.6 Å². The van der Waals surface area contributed by atoms with Crippen molar-refractivity contribution in [3.8, 4) is 0 Å². The van der Waals surface area contributed by atoms with Gasteiger partial charge >= 0.3 is 6.18 Å². The summed E-state index contributed by atoms with van der Waals surface area (Å²) < 4.78 is 41.5. The molecule has 1 saturated heterocycles. The number of fused-ring (bicyclic) bond motifs is 1. The second kappa shape index (κ2) is 6.67. The molecule has 0 radical (unpaired) electrons. The van der Waals surface area contributed by atoms with Gasteiger partial charge in [-0.3, -0.25) is 10.2 Å². The summed E-state index contributed by atoms with van der Waals surface area (Å²) in [7, 11) is 0. The number of nitrogens with one attached hydrogen (secondary N) is 1. The van der Waals surface area contributed by atoms with Crippen molar-refractivity contribution in [3.63, 3.8) is 0 Å². The molecular weight excluding hydrogens is 329 g/mol. The second-order valence-electron chi connectivity index (χ2n) is 6.88. The van der Waals surface area contributed by atoms with Crippen molar-refractivity contribution in [2.24, 2.45) is 5.92 Å². The Labute approximate surface area is 144 Å². The number of carbonyl (C=O) groups excluding carboxylic acids is 1. The monoisotopic (exact) mass is 350 g/mol. The Morgan fingerprint density at radius 3 is 2.40 bits per heavy atom. The minimum absolute atomic E-state index is 0.0467. The number of amides is 1. The van der Waals surface area contributed by atoms with E-state index in [1.807, 2.05) is 12.1 Å². The average molecular weight is 350 g/mol. The van der Waals surface area contributed by atoms with Crippen molar-refractivity contribution >= 4 is 16.7 Å². The zero-order chi connectivity index (χ0) is 18.2. The SMILES string of the molecule is CC(C)Cc1cccc2c([C@H](N3CCC(=O)N3)C(F)(F)F)cccc12. The molecule has 6 heteroatoms. The Morgan fingerprint density at radius 2 is 1.80 bits per heavy atom. The summed E-state index contributed by atoms with van der Waals surface area (Å²) in [4.78, 5) is 11.4. The molecule has 1 aliphatic heterocycles. The lowest BCUT2D eigenvalue weighted by Crippen LogP contribution is -2.43. The average Bonchev–Trinajstić information content (AvgIpc) is 2.92. The lowest BCUT2D eigenvalue weighted by atomic mass is 9.92. The number of carbonyl (C=O) groups is 1. The first kappa shape index (κ1) is 17.7. The highest BCUT2D eigenvalue weighted by Crippen LogP contribution is 2.41. The van der Waals surface area contributed by atoms with Gasteiger partial charge in [0, 0.05) is 13.0 Å². The molecule has 25 heavy (non-hydrogen) atoms. The van der Waals surface area contributed by atoms with Gasteiger partial charge in [0.05, 0.1) is 0 Å². The first-order chi connectivity index (χ1) is 11.8. The minimum Gasteiger partial charge on any atom is -0.288 e. The van der Waals surface area contributed by atoms with Crippen LogP contribution in [0.2, 0.25) is 0 Å². The van der Waals surface area contributed by atoms with Gasteiger partial charge in [0.2, 0.25) is 5.91 Å². The van der Waals surface area contributed by atoms with Crippen LogP contribution in [0.5, 0.6) is 0 Å². The Morgan fingerprint density at radius 1 is 1.12 bits per heavy atom. The normalized spacial score (nSPS) is 17.3. The van der Waals surface area contributed by atoms with Gasteiger partial charge in [-0.05, 0) is 34.2 Å². The highest BCUT2D eigenvalue weighted by molar-refractivity contribution is 5.89. The third kappa shape index (κ3) is 3.63. The molecule has 1 N–H and O–H groups in total. The highest BCUT2D eigenvalue weighted by atomic mass is 19.4. The van der Waals surface area contributed by atoms with Crippen LogP contribution >= 0.6 is 0 Å². The summed E-state index contributed by atoms with van der Waals surface area (Å²) in [6.07, 6.45) is -3.60. The summed E-state index contributed by atoms with van der Waals surface area (Å²) in [5.41, 5.74) is 3.57. The number of alkyl halides is 3. The fourth-order valence-electron chi connectivity index (χ4n) is 3.46. The van der Waals surface area contributed by atoms with Gasteiger partial charge in [-0.15, -0.1) is 0 Å². The molecule has 3 rings (SSSR count). The van der Waals surface area contributed by atoms with E-state index in [0.29, 0.717) is 11.3 Å². The van der Waals surface area contributed by atoms with E-state index >= 15 is 0 Å². The first-order valence-corrected chi connectivity index (χ1v) is 8.40. The topological polar surface area (TPSA) is 32.3 Å². The lowest BCUT2D eigenvalue weighted by Gasteiger charge is -2.30. The molecule has 2 aromatic rings. The molecule has 1 amide bonds. The van der Waals surface area contributed by atoms with Crippen LogP contribution in [0, 0.1) is 5.92 Å². The van der Waals surface area contributed by atoms with Gasteiger partial charge in [0.25, 0.3) is 0 Å². The number of rotatable bonds is 4. The number of benzene rings is 2. The Kier molecular flexibility index (Phi) is 4.73. The first-order valence-electron chi connectivity index (χ1n) is 8.40. The molecule has 0 saturated carbocycles. The largest absolute Gasteiger partial charge is 0.409 e. The second-order valence-corrected chi connectivity index (χ2v) is 6.88. The van der Waals surface area contributed by atoms with E-state index in [-0.39, 0.29) is 24.4 Å². The number of hydrogen-bond donors (Lipinski definition) is 1. The third-order valence-corrected chi connectivity index (χ3v) is 4.44. The van der Waals surface area contributed by atoms with Gasteiger partial charge in [0.1, 0.15) is 0 Å². The molecule has 0 spiro atoms. The molecule has 1 heterocycles. The molecule has 2 aromatic carbocycles. The number of hydrazine groups is 1. The summed E-state index contributed by atoms with van der Waals surface area (Å²) in [6.45, 7) is 4.22. The molecular formula is C19H21F3N2O. The van der Waals surface area contributed by atoms with Gasteiger partial charge in [-0.2, -0.15) is 13.2 Å². The van der Waals surface area contributed by atoms with E-state index in [1.54, 1.807) is 18.2 Å². The zero-order valence-electron chi connectivity index (χ0n) is 14.2. The van der Waals surface area contributed by atoms with Crippen molar-refractivity contribution < 1.29 is 18.0 Å². The summed E-state index contributed by atoms with van der Waals surface area (Å²) in [6, 6.07) is 8.68. The Balaban J connectivity index is 2.13. The van der Waals surface area contributed by atoms with Crippen LogP contribution in [0.3, 0.4) is 0 Å². The number of hydrogen-bond acceptors (Lipinski definition) is 2. The van der Waals surface area contributed by atoms with E-state index in [4.69, 9.17) is 0 Å². The van der Waals surface area contributed by atoms with E-state index in [2.05, 4.69) is 19.3 Å². The van der Waals surface area contributed by atoms with E-state index < -0.39 is 12.2 Å². The molecule has 0 aliphatic carbocycles. The number of nitrogens with zero attached hydrogens (tertiary/aromatic N) is 1. The molecule has 0 aromatic heterocycles. The highest BCUT2D eigenvalue weighted by Gasteiger charge is 2.47. The van der Waals surface area contributed by atoms with Gasteiger partial charge in [0.15, 0.2) is 6.04 Å². The summed E-state index contributed by atoms with van der Waals surface area (Å²) in [5, 5.41) is 2.43. The van der Waals surface area contributed by atoms with E-state index in [0.717, 1.165) is 22.4 Å². The zero-order valence-corrected chi connectivity index (χ0v) is 14.2. The third-order valence-electron chi connectivity index (χ3n) is 4.44. The molecule has 0 unspecified atom stereocenters. The quantitative estimate of drug-likeness (QED) is 0.888. The van der Waals surface area contributed by atoms with Crippen molar-refractivity contribution in [2.75, 3.05) is 6.54 Å². The Hall–Kier alpha value is -2.08. The van der Waals surface area contributed by atoms with E-state index in [1.165, 1.54) is 6.07 Å². The predicted octanol–water partition coefficient (Wildman–Crippen LogP) is 4.38. The van der Waals surface area contributed by atoms with Crippen molar-refractivity contribution in [1.29, 1.82) is 0 Å². The van der Waals surface area contributed by atoms with Crippen molar-refractivity contribution in [3.05, 3.63) is 47.5 Å².